The lowest BCUT2D eigenvalue weighted by Crippen LogP contribution is -2.64. The summed E-state index contributed by atoms with van der Waals surface area (Å²) in [6, 6.07) is 0. The molecule has 0 aromatic rings. The number of carbonyl (C=O) groups is 1. The van der Waals surface area contributed by atoms with Crippen molar-refractivity contribution in [2.45, 2.75) is 18.4 Å². The van der Waals surface area contributed by atoms with Gasteiger partial charge in [-0.3, -0.25) is 14.6 Å². The number of hydrogen-bond donors (Lipinski definition) is 2. The Kier molecular flexibility index (Phi) is 5.60. The highest BCUT2D eigenvalue weighted by Gasteiger charge is 2.49. The number of primary amides is 1. The SMILES string of the molecule is CNC(CN1CCN(CCN(C)C)CC1)(C(N)=O)C1CC1. The Balaban J connectivity index is 1.83. The van der Waals surface area contributed by atoms with Gasteiger partial charge < -0.3 is 16.0 Å². The number of rotatable bonds is 8. The Hall–Kier alpha value is -0.690. The molecule has 1 saturated carbocycles. The van der Waals surface area contributed by atoms with E-state index in [0.29, 0.717) is 5.92 Å². The van der Waals surface area contributed by atoms with Gasteiger partial charge in [0.05, 0.1) is 0 Å². The van der Waals surface area contributed by atoms with Gasteiger partial charge in [-0.2, -0.15) is 0 Å². The van der Waals surface area contributed by atoms with Crippen molar-refractivity contribution in [1.82, 2.24) is 20.0 Å². The van der Waals surface area contributed by atoms with E-state index >= 15 is 0 Å². The zero-order chi connectivity index (χ0) is 15.5. The van der Waals surface area contributed by atoms with Crippen LogP contribution >= 0.6 is 0 Å². The van der Waals surface area contributed by atoms with Crippen molar-refractivity contribution in [1.29, 1.82) is 0 Å². The number of likely N-dealkylation sites (N-methyl/N-ethyl adjacent to an activating group) is 2. The predicted molar refractivity (Wildman–Crippen MR) is 85.1 cm³/mol. The molecular formula is C15H31N5O. The number of carbonyl (C=O) groups excluding carboxylic acids is 1. The maximum absolute atomic E-state index is 12.0. The molecule has 0 aromatic heterocycles. The number of amides is 1. The number of hydrogen-bond acceptors (Lipinski definition) is 5. The second-order valence-electron chi connectivity index (χ2n) is 6.78. The molecule has 0 aromatic carbocycles. The lowest BCUT2D eigenvalue weighted by atomic mass is 9.91. The van der Waals surface area contributed by atoms with Crippen molar-refractivity contribution < 1.29 is 4.79 Å². The van der Waals surface area contributed by atoms with Gasteiger partial charge in [0.1, 0.15) is 5.54 Å². The van der Waals surface area contributed by atoms with Gasteiger partial charge in [0.2, 0.25) is 5.91 Å². The molecule has 0 radical (unpaired) electrons. The van der Waals surface area contributed by atoms with Crippen LogP contribution in [0, 0.1) is 5.92 Å². The topological polar surface area (TPSA) is 64.8 Å². The van der Waals surface area contributed by atoms with E-state index in [9.17, 15) is 4.79 Å². The molecule has 2 aliphatic rings. The minimum atomic E-state index is -0.522. The summed E-state index contributed by atoms with van der Waals surface area (Å²) in [6.07, 6.45) is 2.24. The van der Waals surface area contributed by atoms with Crippen molar-refractivity contribution in [2.75, 3.05) is 67.0 Å². The normalized spacial score (nSPS) is 24.2. The molecule has 6 heteroatoms. The lowest BCUT2D eigenvalue weighted by Gasteiger charge is -2.40. The summed E-state index contributed by atoms with van der Waals surface area (Å²) in [4.78, 5) is 19.1. The minimum Gasteiger partial charge on any atom is -0.368 e. The Bertz CT molecular complexity index is 350. The molecule has 0 spiro atoms. The fourth-order valence-electron chi connectivity index (χ4n) is 3.26. The van der Waals surface area contributed by atoms with Crippen LogP contribution in [-0.4, -0.2) is 93.1 Å². The van der Waals surface area contributed by atoms with Crippen LogP contribution in [0.2, 0.25) is 0 Å². The zero-order valence-electron chi connectivity index (χ0n) is 13.8. The average molecular weight is 297 g/mol. The minimum absolute atomic E-state index is 0.192. The molecule has 1 heterocycles. The van der Waals surface area contributed by atoms with Crippen LogP contribution in [0.5, 0.6) is 0 Å². The number of nitrogens with one attached hydrogen (secondary N) is 1. The maximum Gasteiger partial charge on any atom is 0.239 e. The van der Waals surface area contributed by atoms with E-state index in [0.717, 1.165) is 58.7 Å². The summed E-state index contributed by atoms with van der Waals surface area (Å²) in [7, 11) is 6.09. The Morgan fingerprint density at radius 1 is 1.24 bits per heavy atom. The van der Waals surface area contributed by atoms with Crippen molar-refractivity contribution in [3.05, 3.63) is 0 Å². The van der Waals surface area contributed by atoms with Crippen molar-refractivity contribution in [2.24, 2.45) is 11.7 Å². The van der Waals surface area contributed by atoms with Crippen LogP contribution in [0.4, 0.5) is 0 Å². The van der Waals surface area contributed by atoms with Gasteiger partial charge in [0.25, 0.3) is 0 Å². The summed E-state index contributed by atoms with van der Waals surface area (Å²) in [6.45, 7) is 7.19. The van der Waals surface area contributed by atoms with Crippen LogP contribution in [0.1, 0.15) is 12.8 Å². The number of nitrogens with zero attached hydrogens (tertiary/aromatic N) is 3. The molecule has 6 nitrogen and oxygen atoms in total. The molecule has 1 amide bonds. The largest absolute Gasteiger partial charge is 0.368 e. The van der Waals surface area contributed by atoms with E-state index in [4.69, 9.17) is 5.73 Å². The quantitative estimate of drug-likeness (QED) is 0.603. The van der Waals surface area contributed by atoms with Gasteiger partial charge in [-0.1, -0.05) is 0 Å². The van der Waals surface area contributed by atoms with E-state index in [1.807, 2.05) is 7.05 Å². The highest BCUT2D eigenvalue weighted by Crippen LogP contribution is 2.40. The lowest BCUT2D eigenvalue weighted by molar-refractivity contribution is -0.126. The molecule has 3 N–H and O–H groups in total. The predicted octanol–water partition coefficient (Wildman–Crippen LogP) is -0.981. The summed E-state index contributed by atoms with van der Waals surface area (Å²) in [5.41, 5.74) is 5.18. The average Bonchev–Trinajstić information content (AvgIpc) is 3.28. The zero-order valence-corrected chi connectivity index (χ0v) is 13.8. The van der Waals surface area contributed by atoms with E-state index in [1.165, 1.54) is 0 Å². The first-order valence-electron chi connectivity index (χ1n) is 8.06. The molecule has 21 heavy (non-hydrogen) atoms. The summed E-state index contributed by atoms with van der Waals surface area (Å²) >= 11 is 0. The highest BCUT2D eigenvalue weighted by atomic mass is 16.1. The van der Waals surface area contributed by atoms with E-state index in [2.05, 4.69) is 34.1 Å². The van der Waals surface area contributed by atoms with Crippen LogP contribution in [0.25, 0.3) is 0 Å². The molecule has 1 aliphatic carbocycles. The molecule has 0 bridgehead atoms. The monoisotopic (exact) mass is 297 g/mol. The summed E-state index contributed by atoms with van der Waals surface area (Å²) in [5, 5.41) is 3.24. The van der Waals surface area contributed by atoms with Gasteiger partial charge in [0, 0.05) is 45.8 Å². The van der Waals surface area contributed by atoms with Crippen LogP contribution in [-0.2, 0) is 4.79 Å². The Morgan fingerprint density at radius 2 is 1.81 bits per heavy atom. The highest BCUT2D eigenvalue weighted by molar-refractivity contribution is 5.86. The molecule has 1 atom stereocenters. The second kappa shape index (κ2) is 7.05. The summed E-state index contributed by atoms with van der Waals surface area (Å²) in [5.74, 6) is 0.231. The van der Waals surface area contributed by atoms with Crippen LogP contribution in [0.3, 0.4) is 0 Å². The van der Waals surface area contributed by atoms with E-state index in [-0.39, 0.29) is 5.91 Å². The molecule has 122 valence electrons. The van der Waals surface area contributed by atoms with Gasteiger partial charge >= 0.3 is 0 Å². The van der Waals surface area contributed by atoms with E-state index in [1.54, 1.807) is 0 Å². The van der Waals surface area contributed by atoms with Gasteiger partial charge in [0.15, 0.2) is 0 Å². The first-order valence-corrected chi connectivity index (χ1v) is 8.06. The third-order valence-electron chi connectivity index (χ3n) is 4.96. The van der Waals surface area contributed by atoms with E-state index < -0.39 is 5.54 Å². The second-order valence-corrected chi connectivity index (χ2v) is 6.78. The van der Waals surface area contributed by atoms with Crippen LogP contribution in [0.15, 0.2) is 0 Å². The molecule has 1 aliphatic heterocycles. The maximum atomic E-state index is 12.0. The number of nitrogens with two attached hydrogens (primary N) is 1. The first-order chi connectivity index (χ1) is 9.98. The number of piperazine rings is 1. The molecule has 2 fully saturated rings. The third kappa shape index (κ3) is 4.16. The molecular weight excluding hydrogens is 266 g/mol. The summed E-state index contributed by atoms with van der Waals surface area (Å²) < 4.78 is 0. The molecule has 1 saturated heterocycles. The molecule has 1 unspecified atom stereocenters. The fraction of sp³-hybridized carbons (Fsp3) is 0.933. The van der Waals surface area contributed by atoms with Crippen molar-refractivity contribution >= 4 is 5.91 Å². The molecule has 2 rings (SSSR count). The van der Waals surface area contributed by atoms with Gasteiger partial charge in [-0.15, -0.1) is 0 Å². The Labute approximate surface area is 128 Å². The standard InChI is InChI=1S/C15H31N5O/c1-17-15(14(16)21,13-4-5-13)12-20-10-8-19(9-11-20)7-6-18(2)3/h13,17H,4-12H2,1-3H3,(H2,16,21). The van der Waals surface area contributed by atoms with Gasteiger partial charge in [-0.25, -0.2) is 0 Å². The van der Waals surface area contributed by atoms with Gasteiger partial charge in [-0.05, 0) is 39.9 Å². The van der Waals surface area contributed by atoms with Crippen LogP contribution < -0.4 is 11.1 Å². The first kappa shape index (κ1) is 16.7. The van der Waals surface area contributed by atoms with Crippen molar-refractivity contribution in [3.8, 4) is 0 Å². The third-order valence-corrected chi connectivity index (χ3v) is 4.96. The Morgan fingerprint density at radius 3 is 2.24 bits per heavy atom. The van der Waals surface area contributed by atoms with Crippen molar-refractivity contribution in [3.63, 3.8) is 0 Å². The smallest absolute Gasteiger partial charge is 0.239 e. The fourth-order valence-corrected chi connectivity index (χ4v) is 3.26.